The Bertz CT molecular complexity index is 828. The summed E-state index contributed by atoms with van der Waals surface area (Å²) < 4.78 is 34.1. The zero-order valence-electron chi connectivity index (χ0n) is 24.6. The minimum atomic E-state index is -0.506. The number of nitrogens with one attached hydrogen (secondary N) is 1. The average Bonchev–Trinajstić information content (AvgIpc) is 2.89. The molecule has 1 fully saturated rings. The van der Waals surface area contributed by atoms with Crippen molar-refractivity contribution in [3.63, 3.8) is 0 Å². The van der Waals surface area contributed by atoms with E-state index < -0.39 is 11.7 Å². The van der Waals surface area contributed by atoms with Crippen molar-refractivity contribution in [3.05, 3.63) is 35.9 Å². The van der Waals surface area contributed by atoms with Gasteiger partial charge >= 0.3 is 12.1 Å². The van der Waals surface area contributed by atoms with Crippen LogP contribution in [0.25, 0.3) is 0 Å². The fourth-order valence-corrected chi connectivity index (χ4v) is 4.23. The van der Waals surface area contributed by atoms with Gasteiger partial charge in [-0.3, -0.25) is 0 Å². The molecule has 5 unspecified atom stereocenters. The lowest BCUT2D eigenvalue weighted by atomic mass is 9.79. The molecule has 1 amide bonds. The Hall–Kier alpha value is -2.20. The minimum Gasteiger partial charge on any atom is -0.459 e. The van der Waals surface area contributed by atoms with Crippen molar-refractivity contribution >= 4 is 12.1 Å². The van der Waals surface area contributed by atoms with Crippen LogP contribution in [0.5, 0.6) is 0 Å². The Morgan fingerprint density at radius 2 is 1.51 bits per heavy atom. The van der Waals surface area contributed by atoms with E-state index >= 15 is 0 Å². The summed E-state index contributed by atoms with van der Waals surface area (Å²) in [5.74, 6) is 0.557. The van der Waals surface area contributed by atoms with Crippen molar-refractivity contribution in [1.29, 1.82) is 0 Å². The van der Waals surface area contributed by atoms with E-state index in [9.17, 15) is 9.59 Å². The number of esters is 1. The number of ether oxygens (including phenoxy) is 6. The van der Waals surface area contributed by atoms with Gasteiger partial charge < -0.3 is 33.7 Å². The van der Waals surface area contributed by atoms with Crippen molar-refractivity contribution in [2.45, 2.75) is 78.8 Å². The molecule has 1 N–H and O–H groups in total. The van der Waals surface area contributed by atoms with E-state index in [1.807, 2.05) is 39.0 Å². The summed E-state index contributed by atoms with van der Waals surface area (Å²) in [7, 11) is 0. The Morgan fingerprint density at radius 1 is 0.846 bits per heavy atom. The van der Waals surface area contributed by atoms with Crippen LogP contribution < -0.4 is 5.32 Å². The highest BCUT2D eigenvalue weighted by molar-refractivity contribution is 5.89. The molecule has 222 valence electrons. The molecule has 9 heteroatoms. The normalized spacial score (nSPS) is 23.3. The number of amides is 1. The van der Waals surface area contributed by atoms with Crippen molar-refractivity contribution in [1.82, 2.24) is 5.32 Å². The lowest BCUT2D eigenvalue weighted by Crippen LogP contribution is -2.48. The van der Waals surface area contributed by atoms with Gasteiger partial charge in [0, 0.05) is 25.7 Å². The predicted molar refractivity (Wildman–Crippen MR) is 149 cm³/mol. The van der Waals surface area contributed by atoms with Crippen molar-refractivity contribution < 1.29 is 38.0 Å². The summed E-state index contributed by atoms with van der Waals surface area (Å²) in [5, 5.41) is 2.65. The highest BCUT2D eigenvalue weighted by atomic mass is 16.7. The van der Waals surface area contributed by atoms with Crippen LogP contribution in [0, 0.1) is 17.8 Å². The van der Waals surface area contributed by atoms with Gasteiger partial charge in [-0.2, -0.15) is 0 Å². The van der Waals surface area contributed by atoms with Crippen LogP contribution in [0.15, 0.2) is 30.3 Å². The number of hydrogen-bond donors (Lipinski definition) is 1. The molecule has 5 atom stereocenters. The van der Waals surface area contributed by atoms with E-state index in [4.69, 9.17) is 28.4 Å². The topological polar surface area (TPSA) is 102 Å². The first kappa shape index (κ1) is 33.0. The van der Waals surface area contributed by atoms with Gasteiger partial charge in [-0.25, -0.2) is 9.59 Å². The number of alkyl carbamates (subject to hydrolysis) is 1. The average molecular weight is 552 g/mol. The van der Waals surface area contributed by atoms with Crippen LogP contribution >= 0.6 is 0 Å². The fraction of sp³-hybridized carbons (Fsp3) is 0.733. The van der Waals surface area contributed by atoms with E-state index in [-0.39, 0.29) is 36.8 Å². The smallest absolute Gasteiger partial charge is 0.407 e. The van der Waals surface area contributed by atoms with Crippen molar-refractivity contribution in [3.8, 4) is 0 Å². The monoisotopic (exact) mass is 551 g/mol. The Balaban J connectivity index is 1.51. The van der Waals surface area contributed by atoms with E-state index in [0.717, 1.165) is 19.3 Å². The molecule has 0 radical (unpaired) electrons. The second kappa shape index (κ2) is 17.5. The maximum absolute atomic E-state index is 12.3. The SMILES string of the molecule is CC1C(COC(=O)c2ccccc2)OC(OCCCCCOCCOCCNC(=O)OC(C)(C)C)C(C)C1C. The third kappa shape index (κ3) is 13.1. The molecule has 1 aliphatic rings. The summed E-state index contributed by atoms with van der Waals surface area (Å²) in [5.41, 5.74) is 0.0352. The van der Waals surface area contributed by atoms with Gasteiger partial charge in [-0.1, -0.05) is 39.0 Å². The first-order valence-corrected chi connectivity index (χ1v) is 14.2. The Morgan fingerprint density at radius 3 is 2.21 bits per heavy atom. The largest absolute Gasteiger partial charge is 0.459 e. The van der Waals surface area contributed by atoms with Gasteiger partial charge in [0.2, 0.25) is 0 Å². The molecule has 1 aromatic rings. The van der Waals surface area contributed by atoms with Crippen LogP contribution in [0.2, 0.25) is 0 Å². The molecule has 9 nitrogen and oxygen atoms in total. The van der Waals surface area contributed by atoms with Crippen LogP contribution in [0.3, 0.4) is 0 Å². The van der Waals surface area contributed by atoms with E-state index in [1.54, 1.807) is 12.1 Å². The standard InChI is InChI=1S/C30H49NO8/c1-22-23(2)26(21-37-27(32)25-13-9-7-10-14-25)38-28(24(22)3)36-17-12-8-11-16-34-19-20-35-18-15-31-29(33)39-30(4,5)6/h7,9-10,13-14,22-24,26,28H,8,11-12,15-21H2,1-6H3,(H,31,33). The highest BCUT2D eigenvalue weighted by Crippen LogP contribution is 2.35. The second-order valence-electron chi connectivity index (χ2n) is 11.2. The highest BCUT2D eigenvalue weighted by Gasteiger charge is 2.40. The molecule has 0 aromatic heterocycles. The first-order chi connectivity index (χ1) is 18.6. The summed E-state index contributed by atoms with van der Waals surface area (Å²) in [4.78, 5) is 23.9. The van der Waals surface area contributed by atoms with E-state index in [0.29, 0.717) is 51.1 Å². The molecule has 39 heavy (non-hydrogen) atoms. The van der Waals surface area contributed by atoms with Gasteiger partial charge in [0.05, 0.1) is 31.5 Å². The number of carbonyl (C=O) groups is 2. The molecule has 0 spiro atoms. The number of hydrogen-bond acceptors (Lipinski definition) is 8. The lowest BCUT2D eigenvalue weighted by molar-refractivity contribution is -0.254. The number of unbranched alkanes of at least 4 members (excludes halogenated alkanes) is 2. The quantitative estimate of drug-likeness (QED) is 0.220. The molecule has 1 aliphatic heterocycles. The van der Waals surface area contributed by atoms with Gasteiger partial charge in [0.25, 0.3) is 0 Å². The summed E-state index contributed by atoms with van der Waals surface area (Å²) in [6, 6.07) is 9.01. The van der Waals surface area contributed by atoms with E-state index in [1.165, 1.54) is 0 Å². The summed E-state index contributed by atoms with van der Waals surface area (Å²) in [6.07, 6.45) is 1.90. The second-order valence-corrected chi connectivity index (χ2v) is 11.2. The lowest BCUT2D eigenvalue weighted by Gasteiger charge is -2.43. The van der Waals surface area contributed by atoms with Crippen LogP contribution in [-0.2, 0) is 28.4 Å². The van der Waals surface area contributed by atoms with E-state index in [2.05, 4.69) is 26.1 Å². The molecule has 0 bridgehead atoms. The number of benzene rings is 1. The third-order valence-corrected chi connectivity index (χ3v) is 6.87. The third-order valence-electron chi connectivity index (χ3n) is 6.87. The van der Waals surface area contributed by atoms with Crippen molar-refractivity contribution in [2.75, 3.05) is 46.2 Å². The molecule has 1 heterocycles. The predicted octanol–water partition coefficient (Wildman–Crippen LogP) is 5.22. The fourth-order valence-electron chi connectivity index (χ4n) is 4.23. The van der Waals surface area contributed by atoms with Gasteiger partial charge in [-0.15, -0.1) is 0 Å². The maximum atomic E-state index is 12.3. The molecular weight excluding hydrogens is 502 g/mol. The Labute approximate surface area is 234 Å². The first-order valence-electron chi connectivity index (χ1n) is 14.2. The van der Waals surface area contributed by atoms with Crippen LogP contribution in [0.4, 0.5) is 4.79 Å². The molecule has 1 saturated heterocycles. The number of rotatable bonds is 16. The maximum Gasteiger partial charge on any atom is 0.407 e. The molecule has 0 aliphatic carbocycles. The van der Waals surface area contributed by atoms with Crippen LogP contribution in [-0.4, -0.2) is 76.2 Å². The van der Waals surface area contributed by atoms with Crippen molar-refractivity contribution in [2.24, 2.45) is 17.8 Å². The minimum absolute atomic E-state index is 0.197. The van der Waals surface area contributed by atoms with Gasteiger partial charge in [0.1, 0.15) is 12.2 Å². The zero-order chi connectivity index (χ0) is 28.7. The number of carbonyl (C=O) groups excluding carboxylic acids is 2. The van der Waals surface area contributed by atoms with Crippen LogP contribution in [0.1, 0.15) is 71.2 Å². The van der Waals surface area contributed by atoms with Gasteiger partial charge in [-0.05, 0) is 64.0 Å². The molecule has 2 rings (SSSR count). The molecule has 1 aromatic carbocycles. The zero-order valence-corrected chi connectivity index (χ0v) is 24.6. The van der Waals surface area contributed by atoms with Gasteiger partial charge in [0.15, 0.2) is 6.29 Å². The Kier molecular flexibility index (Phi) is 14.8. The summed E-state index contributed by atoms with van der Waals surface area (Å²) in [6.45, 7) is 15.3. The molecule has 0 saturated carbocycles. The summed E-state index contributed by atoms with van der Waals surface area (Å²) >= 11 is 0. The molecular formula is C30H49NO8.